The second-order valence-corrected chi connectivity index (χ2v) is 4.77. The van der Waals surface area contributed by atoms with Gasteiger partial charge in [0.1, 0.15) is 5.01 Å². The highest BCUT2D eigenvalue weighted by atomic mass is 32.1. The highest BCUT2D eigenvalue weighted by molar-refractivity contribution is 7.09. The van der Waals surface area contributed by atoms with Crippen molar-refractivity contribution in [3.05, 3.63) is 16.6 Å². The summed E-state index contributed by atoms with van der Waals surface area (Å²) in [5.74, 6) is 0.917. The maximum Gasteiger partial charge on any atom is 0.106 e. The number of rotatable bonds is 4. The van der Waals surface area contributed by atoms with Gasteiger partial charge in [0, 0.05) is 24.2 Å². The van der Waals surface area contributed by atoms with Gasteiger partial charge >= 0.3 is 0 Å². The molecule has 0 spiro atoms. The molecule has 1 aliphatic carbocycles. The largest absolute Gasteiger partial charge is 0.308 e. The van der Waals surface area contributed by atoms with Gasteiger partial charge in [0.25, 0.3) is 0 Å². The highest BCUT2D eigenvalue weighted by Gasteiger charge is 2.23. The van der Waals surface area contributed by atoms with Gasteiger partial charge in [0.15, 0.2) is 0 Å². The zero-order valence-corrected chi connectivity index (χ0v) is 8.81. The molecule has 1 fully saturated rings. The van der Waals surface area contributed by atoms with Crippen molar-refractivity contribution in [2.45, 2.75) is 38.8 Å². The fraction of sp³-hybridized carbons (Fsp3) is 0.700. The number of nitrogens with zero attached hydrogens (tertiary/aromatic N) is 1. The van der Waals surface area contributed by atoms with Crippen molar-refractivity contribution in [3.63, 3.8) is 0 Å². The summed E-state index contributed by atoms with van der Waals surface area (Å²) in [6.45, 7) is 3.23. The van der Waals surface area contributed by atoms with Crippen LogP contribution in [0.2, 0.25) is 0 Å². The van der Waals surface area contributed by atoms with Gasteiger partial charge in [-0.2, -0.15) is 0 Å². The van der Waals surface area contributed by atoms with Gasteiger partial charge < -0.3 is 5.32 Å². The molecule has 1 heterocycles. The average Bonchev–Trinajstić information content (AvgIpc) is 2.49. The van der Waals surface area contributed by atoms with Crippen molar-refractivity contribution in [2.24, 2.45) is 5.92 Å². The molecule has 2 nitrogen and oxygen atoms in total. The number of thiazole rings is 1. The monoisotopic (exact) mass is 196 g/mol. The van der Waals surface area contributed by atoms with Gasteiger partial charge in [-0.05, 0) is 25.7 Å². The molecule has 0 radical (unpaired) electrons. The molecule has 0 bridgehead atoms. The summed E-state index contributed by atoms with van der Waals surface area (Å²) in [7, 11) is 0. The number of aromatic nitrogens is 1. The second-order valence-electron chi connectivity index (χ2n) is 3.79. The topological polar surface area (TPSA) is 24.9 Å². The summed E-state index contributed by atoms with van der Waals surface area (Å²) in [4.78, 5) is 4.25. The zero-order chi connectivity index (χ0) is 9.10. The molecule has 0 saturated heterocycles. The minimum atomic E-state index is 0.664. The molecule has 0 aliphatic heterocycles. The standard InChI is InChI=1S/C10H16N2S/c1-8(9-3-2-4-9)12-7-10-11-5-6-13-10/h5-6,8-9,12H,2-4,7H2,1H3. The van der Waals surface area contributed by atoms with Crippen molar-refractivity contribution < 1.29 is 0 Å². The van der Waals surface area contributed by atoms with Crippen LogP contribution in [0.15, 0.2) is 11.6 Å². The summed E-state index contributed by atoms with van der Waals surface area (Å²) < 4.78 is 0. The van der Waals surface area contributed by atoms with Crippen LogP contribution in [0.5, 0.6) is 0 Å². The Labute approximate surface area is 83.4 Å². The summed E-state index contributed by atoms with van der Waals surface area (Å²) in [6, 6.07) is 0.664. The molecule has 1 atom stereocenters. The SMILES string of the molecule is CC(NCc1nccs1)C1CCC1. The Hall–Kier alpha value is -0.410. The van der Waals surface area contributed by atoms with Crippen molar-refractivity contribution in [3.8, 4) is 0 Å². The average molecular weight is 196 g/mol. The van der Waals surface area contributed by atoms with Gasteiger partial charge in [-0.15, -0.1) is 11.3 Å². The Bertz CT molecular complexity index is 241. The third-order valence-electron chi connectivity index (χ3n) is 2.92. The first-order chi connectivity index (χ1) is 6.36. The fourth-order valence-electron chi connectivity index (χ4n) is 1.70. The normalized spacial score (nSPS) is 19.8. The molecule has 1 aromatic rings. The van der Waals surface area contributed by atoms with Crippen LogP contribution in [0.1, 0.15) is 31.2 Å². The molecular formula is C10H16N2S. The molecule has 1 aromatic heterocycles. The van der Waals surface area contributed by atoms with Crippen LogP contribution in [0.3, 0.4) is 0 Å². The lowest BCUT2D eigenvalue weighted by atomic mass is 9.80. The van der Waals surface area contributed by atoms with Crippen LogP contribution >= 0.6 is 11.3 Å². The lowest BCUT2D eigenvalue weighted by molar-refractivity contribution is 0.240. The van der Waals surface area contributed by atoms with E-state index in [1.54, 1.807) is 11.3 Å². The van der Waals surface area contributed by atoms with E-state index in [0.29, 0.717) is 6.04 Å². The number of nitrogens with one attached hydrogen (secondary N) is 1. The van der Waals surface area contributed by atoms with E-state index < -0.39 is 0 Å². The van der Waals surface area contributed by atoms with E-state index in [9.17, 15) is 0 Å². The van der Waals surface area contributed by atoms with Crippen LogP contribution in [0, 0.1) is 5.92 Å². The first kappa shape index (κ1) is 9.16. The molecule has 2 rings (SSSR count). The van der Waals surface area contributed by atoms with E-state index in [1.807, 2.05) is 11.6 Å². The van der Waals surface area contributed by atoms with Crippen molar-refractivity contribution in [1.82, 2.24) is 10.3 Å². The van der Waals surface area contributed by atoms with Crippen LogP contribution < -0.4 is 5.32 Å². The van der Waals surface area contributed by atoms with Crippen LogP contribution in [-0.4, -0.2) is 11.0 Å². The van der Waals surface area contributed by atoms with Gasteiger partial charge in [-0.3, -0.25) is 0 Å². The lowest BCUT2D eigenvalue weighted by Crippen LogP contribution is -2.36. The van der Waals surface area contributed by atoms with Gasteiger partial charge in [-0.25, -0.2) is 4.98 Å². The molecule has 0 aromatic carbocycles. The Morgan fingerprint density at radius 1 is 1.69 bits per heavy atom. The Morgan fingerprint density at radius 3 is 3.08 bits per heavy atom. The van der Waals surface area contributed by atoms with Crippen LogP contribution in [0.25, 0.3) is 0 Å². The first-order valence-corrected chi connectivity index (χ1v) is 5.86. The van der Waals surface area contributed by atoms with Crippen LogP contribution in [-0.2, 0) is 6.54 Å². The molecule has 1 saturated carbocycles. The van der Waals surface area contributed by atoms with Crippen LogP contribution in [0.4, 0.5) is 0 Å². The number of hydrogen-bond donors (Lipinski definition) is 1. The lowest BCUT2D eigenvalue weighted by Gasteiger charge is -2.31. The predicted molar refractivity (Wildman–Crippen MR) is 55.8 cm³/mol. The van der Waals surface area contributed by atoms with Gasteiger partial charge in [-0.1, -0.05) is 6.42 Å². The van der Waals surface area contributed by atoms with E-state index in [1.165, 1.54) is 24.3 Å². The van der Waals surface area contributed by atoms with Gasteiger partial charge in [0.2, 0.25) is 0 Å². The molecule has 1 unspecified atom stereocenters. The van der Waals surface area contributed by atoms with E-state index in [0.717, 1.165) is 12.5 Å². The summed E-state index contributed by atoms with van der Waals surface area (Å²) >= 11 is 1.73. The second kappa shape index (κ2) is 4.20. The minimum absolute atomic E-state index is 0.664. The maximum absolute atomic E-state index is 4.25. The molecule has 13 heavy (non-hydrogen) atoms. The fourth-order valence-corrected chi connectivity index (χ4v) is 2.26. The predicted octanol–water partition coefficient (Wildman–Crippen LogP) is 2.42. The third kappa shape index (κ3) is 2.29. The number of hydrogen-bond acceptors (Lipinski definition) is 3. The molecule has 0 amide bonds. The first-order valence-electron chi connectivity index (χ1n) is 4.98. The molecule has 72 valence electrons. The smallest absolute Gasteiger partial charge is 0.106 e. The van der Waals surface area contributed by atoms with E-state index in [-0.39, 0.29) is 0 Å². The summed E-state index contributed by atoms with van der Waals surface area (Å²) in [5, 5.41) is 6.77. The zero-order valence-electron chi connectivity index (χ0n) is 7.99. The molecular weight excluding hydrogens is 180 g/mol. The summed E-state index contributed by atoms with van der Waals surface area (Å²) in [6.07, 6.45) is 6.11. The van der Waals surface area contributed by atoms with E-state index in [2.05, 4.69) is 17.2 Å². The van der Waals surface area contributed by atoms with E-state index in [4.69, 9.17) is 0 Å². The molecule has 1 N–H and O–H groups in total. The molecule has 1 aliphatic rings. The van der Waals surface area contributed by atoms with E-state index >= 15 is 0 Å². The van der Waals surface area contributed by atoms with Crippen molar-refractivity contribution in [2.75, 3.05) is 0 Å². The Kier molecular flexibility index (Phi) is 2.96. The molecule has 3 heteroatoms. The Morgan fingerprint density at radius 2 is 2.54 bits per heavy atom. The van der Waals surface area contributed by atoms with Crippen molar-refractivity contribution in [1.29, 1.82) is 0 Å². The maximum atomic E-state index is 4.25. The summed E-state index contributed by atoms with van der Waals surface area (Å²) in [5.41, 5.74) is 0. The quantitative estimate of drug-likeness (QED) is 0.800. The minimum Gasteiger partial charge on any atom is -0.308 e. The highest BCUT2D eigenvalue weighted by Crippen LogP contribution is 2.29. The Balaban J connectivity index is 1.72. The van der Waals surface area contributed by atoms with Gasteiger partial charge in [0.05, 0.1) is 0 Å². The van der Waals surface area contributed by atoms with Crippen molar-refractivity contribution >= 4 is 11.3 Å². The third-order valence-corrected chi connectivity index (χ3v) is 3.70.